The zero-order chi connectivity index (χ0) is 19.1. The number of imidazole rings is 1. The van der Waals surface area contributed by atoms with Gasteiger partial charge in [0.1, 0.15) is 12.3 Å². The summed E-state index contributed by atoms with van der Waals surface area (Å²) in [6, 6.07) is 11.8. The fourth-order valence-electron chi connectivity index (χ4n) is 4.09. The van der Waals surface area contributed by atoms with Crippen molar-refractivity contribution in [2.45, 2.75) is 39.2 Å². The molecule has 1 aliphatic rings. The Morgan fingerprint density at radius 3 is 2.86 bits per heavy atom. The minimum atomic E-state index is -0.287. The maximum absolute atomic E-state index is 13.1. The van der Waals surface area contributed by atoms with E-state index in [0.717, 1.165) is 64.7 Å². The van der Waals surface area contributed by atoms with Gasteiger partial charge in [0.25, 0.3) is 0 Å². The fourth-order valence-corrected chi connectivity index (χ4v) is 4.09. The molecule has 0 saturated heterocycles. The molecule has 0 amide bonds. The molecule has 3 heterocycles. The number of hydrogen-bond acceptors (Lipinski definition) is 4. The summed E-state index contributed by atoms with van der Waals surface area (Å²) in [5.41, 5.74) is 6.36. The SMILES string of the molecule is Cc1cccn2cc(COC(=O)c3c4c(nc5ccccc35)CCCC4)nc12. The van der Waals surface area contributed by atoms with Gasteiger partial charge in [0.15, 0.2) is 0 Å². The molecule has 0 aliphatic heterocycles. The van der Waals surface area contributed by atoms with Crippen LogP contribution >= 0.6 is 0 Å². The highest BCUT2D eigenvalue weighted by Gasteiger charge is 2.23. The number of rotatable bonds is 3. The van der Waals surface area contributed by atoms with Crippen molar-refractivity contribution < 1.29 is 9.53 Å². The first-order valence-corrected chi connectivity index (χ1v) is 9.71. The molecule has 5 heteroatoms. The van der Waals surface area contributed by atoms with Gasteiger partial charge in [-0.05, 0) is 55.9 Å². The normalized spacial score (nSPS) is 13.6. The van der Waals surface area contributed by atoms with E-state index in [1.165, 1.54) is 0 Å². The van der Waals surface area contributed by atoms with E-state index in [2.05, 4.69) is 4.98 Å². The standard InChI is InChI=1S/C23H21N3O2/c1-15-7-6-12-26-13-16(24-22(15)26)14-28-23(27)21-17-8-2-4-10-19(17)25-20-11-5-3-9-18(20)21/h2,4,6-8,10,12-13H,3,5,9,11,14H2,1H3. The highest BCUT2D eigenvalue weighted by Crippen LogP contribution is 2.30. The molecule has 0 unspecified atom stereocenters. The molecule has 0 fully saturated rings. The van der Waals surface area contributed by atoms with Crippen LogP contribution in [0.5, 0.6) is 0 Å². The summed E-state index contributed by atoms with van der Waals surface area (Å²) in [7, 11) is 0. The summed E-state index contributed by atoms with van der Waals surface area (Å²) < 4.78 is 7.68. The average Bonchev–Trinajstić information content (AvgIpc) is 3.15. The number of carbonyl (C=O) groups is 1. The van der Waals surface area contributed by atoms with Gasteiger partial charge in [-0.2, -0.15) is 0 Å². The maximum Gasteiger partial charge on any atom is 0.339 e. The van der Waals surface area contributed by atoms with Crippen molar-refractivity contribution in [2.24, 2.45) is 0 Å². The Morgan fingerprint density at radius 1 is 1.11 bits per heavy atom. The summed E-state index contributed by atoms with van der Waals surface area (Å²) in [6.45, 7) is 2.18. The van der Waals surface area contributed by atoms with Crippen molar-refractivity contribution in [2.75, 3.05) is 0 Å². The number of pyridine rings is 2. The highest BCUT2D eigenvalue weighted by molar-refractivity contribution is 6.05. The zero-order valence-electron chi connectivity index (χ0n) is 15.8. The summed E-state index contributed by atoms with van der Waals surface area (Å²) in [6.07, 6.45) is 7.87. The smallest absolute Gasteiger partial charge is 0.339 e. The predicted octanol–water partition coefficient (Wildman–Crippen LogP) is 4.43. The lowest BCUT2D eigenvalue weighted by Crippen LogP contribution is -2.15. The molecule has 5 rings (SSSR count). The summed E-state index contributed by atoms with van der Waals surface area (Å²) in [5.74, 6) is -0.287. The minimum Gasteiger partial charge on any atom is -0.455 e. The number of ether oxygens (including phenoxy) is 1. The van der Waals surface area contributed by atoms with Crippen LogP contribution in [0.4, 0.5) is 0 Å². The van der Waals surface area contributed by atoms with E-state index in [0.29, 0.717) is 5.56 Å². The van der Waals surface area contributed by atoms with E-state index in [1.807, 2.05) is 60.1 Å². The van der Waals surface area contributed by atoms with Crippen LogP contribution in [-0.4, -0.2) is 20.3 Å². The van der Waals surface area contributed by atoms with Crippen LogP contribution in [0.15, 0.2) is 48.8 Å². The first-order valence-electron chi connectivity index (χ1n) is 9.71. The molecule has 5 nitrogen and oxygen atoms in total. The van der Waals surface area contributed by atoms with Crippen molar-refractivity contribution in [1.29, 1.82) is 0 Å². The van der Waals surface area contributed by atoms with E-state index < -0.39 is 0 Å². The van der Waals surface area contributed by atoms with E-state index in [-0.39, 0.29) is 12.6 Å². The Kier molecular flexibility index (Phi) is 4.08. The summed E-state index contributed by atoms with van der Waals surface area (Å²) in [5, 5.41) is 0.874. The Morgan fingerprint density at radius 2 is 1.96 bits per heavy atom. The molecular formula is C23H21N3O2. The highest BCUT2D eigenvalue weighted by atomic mass is 16.5. The average molecular weight is 371 g/mol. The molecule has 1 aromatic carbocycles. The molecular weight excluding hydrogens is 350 g/mol. The lowest BCUT2D eigenvalue weighted by Gasteiger charge is -2.19. The van der Waals surface area contributed by atoms with Crippen LogP contribution in [0.3, 0.4) is 0 Å². The minimum absolute atomic E-state index is 0.158. The topological polar surface area (TPSA) is 56.5 Å². The van der Waals surface area contributed by atoms with Crippen molar-refractivity contribution in [3.05, 3.63) is 76.9 Å². The van der Waals surface area contributed by atoms with Crippen molar-refractivity contribution in [3.63, 3.8) is 0 Å². The molecule has 0 radical (unpaired) electrons. The molecule has 28 heavy (non-hydrogen) atoms. The molecule has 3 aromatic heterocycles. The molecule has 1 aliphatic carbocycles. The third kappa shape index (κ3) is 2.83. The molecule has 0 N–H and O–H groups in total. The molecule has 0 spiro atoms. The Labute approximate surface area is 163 Å². The van der Waals surface area contributed by atoms with E-state index in [9.17, 15) is 4.79 Å². The van der Waals surface area contributed by atoms with Crippen LogP contribution in [0.25, 0.3) is 16.6 Å². The lowest BCUT2D eigenvalue weighted by molar-refractivity contribution is 0.0469. The predicted molar refractivity (Wildman–Crippen MR) is 107 cm³/mol. The van der Waals surface area contributed by atoms with Gasteiger partial charge in [0.2, 0.25) is 0 Å². The van der Waals surface area contributed by atoms with Crippen LogP contribution < -0.4 is 0 Å². The van der Waals surface area contributed by atoms with Gasteiger partial charge < -0.3 is 9.14 Å². The van der Waals surface area contributed by atoms with Gasteiger partial charge in [0.05, 0.1) is 16.8 Å². The van der Waals surface area contributed by atoms with Gasteiger partial charge in [0, 0.05) is 23.5 Å². The maximum atomic E-state index is 13.1. The van der Waals surface area contributed by atoms with Gasteiger partial charge in [-0.3, -0.25) is 4.98 Å². The zero-order valence-corrected chi connectivity index (χ0v) is 15.8. The van der Waals surface area contributed by atoms with E-state index >= 15 is 0 Å². The first kappa shape index (κ1) is 16.9. The van der Waals surface area contributed by atoms with Gasteiger partial charge in [-0.1, -0.05) is 24.3 Å². The summed E-state index contributed by atoms with van der Waals surface area (Å²) in [4.78, 5) is 22.5. The summed E-state index contributed by atoms with van der Waals surface area (Å²) >= 11 is 0. The number of carbonyl (C=O) groups excluding carboxylic acids is 1. The number of benzene rings is 1. The lowest BCUT2D eigenvalue weighted by atomic mass is 9.90. The first-order chi connectivity index (χ1) is 13.7. The molecule has 140 valence electrons. The molecule has 0 atom stereocenters. The van der Waals surface area contributed by atoms with Crippen molar-refractivity contribution >= 4 is 22.5 Å². The largest absolute Gasteiger partial charge is 0.455 e. The Hall–Kier alpha value is -3.21. The van der Waals surface area contributed by atoms with E-state index in [1.54, 1.807) is 0 Å². The Bertz CT molecular complexity index is 1210. The number of para-hydroxylation sites is 1. The number of fused-ring (bicyclic) bond motifs is 3. The number of aromatic nitrogens is 3. The second-order valence-electron chi connectivity index (χ2n) is 7.37. The van der Waals surface area contributed by atoms with Crippen molar-refractivity contribution in [1.82, 2.24) is 14.4 Å². The third-order valence-corrected chi connectivity index (χ3v) is 5.45. The van der Waals surface area contributed by atoms with Crippen LogP contribution in [0.1, 0.15) is 45.7 Å². The molecule has 4 aromatic rings. The molecule has 0 bridgehead atoms. The van der Waals surface area contributed by atoms with Gasteiger partial charge in [-0.15, -0.1) is 0 Å². The van der Waals surface area contributed by atoms with E-state index in [4.69, 9.17) is 9.72 Å². The third-order valence-electron chi connectivity index (χ3n) is 5.45. The van der Waals surface area contributed by atoms with Crippen LogP contribution in [0.2, 0.25) is 0 Å². The number of esters is 1. The number of hydrogen-bond donors (Lipinski definition) is 0. The second kappa shape index (κ2) is 6.75. The second-order valence-corrected chi connectivity index (χ2v) is 7.37. The monoisotopic (exact) mass is 371 g/mol. The van der Waals surface area contributed by atoms with Gasteiger partial charge >= 0.3 is 5.97 Å². The van der Waals surface area contributed by atoms with Crippen LogP contribution in [-0.2, 0) is 24.2 Å². The molecule has 0 saturated carbocycles. The fraction of sp³-hybridized carbons (Fsp3) is 0.261. The van der Waals surface area contributed by atoms with Gasteiger partial charge in [-0.25, -0.2) is 9.78 Å². The number of nitrogens with zero attached hydrogens (tertiary/aromatic N) is 3. The van der Waals surface area contributed by atoms with Crippen LogP contribution in [0, 0.1) is 6.92 Å². The van der Waals surface area contributed by atoms with Crippen molar-refractivity contribution in [3.8, 4) is 0 Å². The number of aryl methyl sites for hydroxylation is 2. The Balaban J connectivity index is 1.49. The quantitative estimate of drug-likeness (QED) is 0.500.